The smallest absolute Gasteiger partial charge is 0.0940 e. The zero-order chi connectivity index (χ0) is 19.3. The van der Waals surface area contributed by atoms with Crippen molar-refractivity contribution in [1.29, 1.82) is 0 Å². The van der Waals surface area contributed by atoms with E-state index in [0.29, 0.717) is 6.42 Å². The Balaban J connectivity index is 2.01. The maximum atomic E-state index is 12.1. The minimum absolute atomic E-state index is 0.209. The minimum atomic E-state index is -0.843. The van der Waals surface area contributed by atoms with Crippen molar-refractivity contribution in [3.63, 3.8) is 0 Å². The molecule has 3 heteroatoms. The molecule has 0 aliphatic heterocycles. The molecular formula is C24H30ClNO. The van der Waals surface area contributed by atoms with Crippen LogP contribution in [0.3, 0.4) is 0 Å². The van der Waals surface area contributed by atoms with Gasteiger partial charge in [0, 0.05) is 23.9 Å². The molecule has 0 spiro atoms. The Morgan fingerprint density at radius 2 is 1.78 bits per heavy atom. The molecule has 0 radical (unpaired) electrons. The van der Waals surface area contributed by atoms with Crippen LogP contribution < -0.4 is 0 Å². The van der Waals surface area contributed by atoms with Gasteiger partial charge in [-0.25, -0.2) is 0 Å². The highest BCUT2D eigenvalue weighted by Gasteiger charge is 2.41. The Hall–Kier alpha value is -1.61. The molecule has 2 unspecified atom stereocenters. The summed E-state index contributed by atoms with van der Waals surface area (Å²) in [6.45, 7) is 0.885. The van der Waals surface area contributed by atoms with Gasteiger partial charge in [0.05, 0.1) is 5.60 Å². The summed E-state index contributed by atoms with van der Waals surface area (Å²) in [6, 6.07) is 18.3. The van der Waals surface area contributed by atoms with Gasteiger partial charge in [0.15, 0.2) is 0 Å². The van der Waals surface area contributed by atoms with Gasteiger partial charge in [-0.3, -0.25) is 0 Å². The molecule has 0 bridgehead atoms. The molecule has 27 heavy (non-hydrogen) atoms. The van der Waals surface area contributed by atoms with Crippen molar-refractivity contribution < 1.29 is 5.11 Å². The number of benzene rings is 2. The second-order valence-electron chi connectivity index (χ2n) is 8.01. The lowest BCUT2D eigenvalue weighted by atomic mass is 9.75. The number of hydrogen-bond acceptors (Lipinski definition) is 2. The molecule has 1 aliphatic carbocycles. The molecule has 144 valence electrons. The lowest BCUT2D eigenvalue weighted by molar-refractivity contribution is 0.00517. The second-order valence-corrected chi connectivity index (χ2v) is 8.45. The Morgan fingerprint density at radius 3 is 2.44 bits per heavy atom. The monoisotopic (exact) mass is 383 g/mol. The molecule has 1 N–H and O–H groups in total. The van der Waals surface area contributed by atoms with E-state index in [0.717, 1.165) is 54.0 Å². The summed E-state index contributed by atoms with van der Waals surface area (Å²) in [6.07, 6.45) is 7.13. The van der Waals surface area contributed by atoms with E-state index < -0.39 is 5.60 Å². The maximum Gasteiger partial charge on any atom is 0.0940 e. The lowest BCUT2D eigenvalue weighted by Crippen LogP contribution is -2.45. The molecule has 2 aromatic carbocycles. The van der Waals surface area contributed by atoms with Gasteiger partial charge in [0.1, 0.15) is 0 Å². The third-order valence-corrected chi connectivity index (χ3v) is 5.85. The minimum Gasteiger partial charge on any atom is -0.385 e. The highest BCUT2D eigenvalue weighted by molar-refractivity contribution is 6.30. The number of hydrogen-bond donors (Lipinski definition) is 1. The van der Waals surface area contributed by atoms with Crippen LogP contribution in [0, 0.1) is 5.92 Å². The summed E-state index contributed by atoms with van der Waals surface area (Å²) < 4.78 is 0. The van der Waals surface area contributed by atoms with Crippen molar-refractivity contribution in [2.45, 2.75) is 37.7 Å². The fourth-order valence-corrected chi connectivity index (χ4v) is 4.35. The summed E-state index contributed by atoms with van der Waals surface area (Å²) in [5.41, 5.74) is 2.61. The number of aliphatic hydroxyl groups is 1. The van der Waals surface area contributed by atoms with E-state index >= 15 is 0 Å². The number of nitrogens with zero attached hydrogens (tertiary/aromatic N) is 1. The molecule has 0 heterocycles. The third kappa shape index (κ3) is 5.22. The fraction of sp³-hybridized carbons (Fsp3) is 0.417. The second kappa shape index (κ2) is 9.05. The first-order valence-corrected chi connectivity index (χ1v) is 10.2. The quantitative estimate of drug-likeness (QED) is 0.694. The topological polar surface area (TPSA) is 23.5 Å². The van der Waals surface area contributed by atoms with Gasteiger partial charge < -0.3 is 10.0 Å². The van der Waals surface area contributed by atoms with Crippen LogP contribution in [0.4, 0.5) is 0 Å². The SMILES string of the molecule is CN(C)CC1CCCC/C(=C/c2ccccc2)C1(O)Cc1ccc(Cl)cc1. The van der Waals surface area contributed by atoms with E-state index in [1.165, 1.54) is 0 Å². The van der Waals surface area contributed by atoms with E-state index in [1.54, 1.807) is 0 Å². The van der Waals surface area contributed by atoms with Crippen molar-refractivity contribution in [1.82, 2.24) is 4.90 Å². The predicted octanol–water partition coefficient (Wildman–Crippen LogP) is 5.45. The zero-order valence-corrected chi connectivity index (χ0v) is 17.1. The highest BCUT2D eigenvalue weighted by atomic mass is 35.5. The average Bonchev–Trinajstić information content (AvgIpc) is 2.78. The first-order valence-electron chi connectivity index (χ1n) is 9.85. The normalized spacial score (nSPS) is 24.9. The fourth-order valence-electron chi connectivity index (χ4n) is 4.23. The van der Waals surface area contributed by atoms with E-state index in [-0.39, 0.29) is 5.92 Å². The van der Waals surface area contributed by atoms with Crippen LogP contribution in [-0.4, -0.2) is 36.2 Å². The van der Waals surface area contributed by atoms with Crippen LogP contribution in [0.25, 0.3) is 6.08 Å². The van der Waals surface area contributed by atoms with Crippen molar-refractivity contribution in [3.8, 4) is 0 Å². The number of halogens is 1. The van der Waals surface area contributed by atoms with Crippen molar-refractivity contribution in [3.05, 3.63) is 76.3 Å². The van der Waals surface area contributed by atoms with Gasteiger partial charge in [-0.1, -0.05) is 66.6 Å². The third-order valence-electron chi connectivity index (χ3n) is 5.59. The first-order chi connectivity index (χ1) is 13.0. The Labute approximate surface area is 168 Å². The van der Waals surface area contributed by atoms with Crippen LogP contribution in [0.15, 0.2) is 60.2 Å². The molecule has 3 rings (SSSR count). The summed E-state index contributed by atoms with van der Waals surface area (Å²) >= 11 is 6.07. The largest absolute Gasteiger partial charge is 0.385 e. The van der Waals surface area contributed by atoms with Gasteiger partial charge in [0.2, 0.25) is 0 Å². The molecule has 2 atom stereocenters. The number of rotatable bonds is 5. The van der Waals surface area contributed by atoms with Crippen LogP contribution in [0.1, 0.15) is 36.8 Å². The molecular weight excluding hydrogens is 354 g/mol. The van der Waals surface area contributed by atoms with Crippen LogP contribution >= 0.6 is 11.6 Å². The van der Waals surface area contributed by atoms with E-state index in [1.807, 2.05) is 30.3 Å². The molecule has 1 fully saturated rings. The standard InChI is InChI=1S/C24H30ClNO/c1-26(2)18-22-11-7-6-10-21(16-19-8-4-3-5-9-19)24(22,27)17-20-12-14-23(25)15-13-20/h3-5,8-9,12-16,22,27H,6-7,10-11,17-18H2,1-2H3/b21-16-. The molecule has 0 aromatic heterocycles. The maximum absolute atomic E-state index is 12.1. The van der Waals surface area contributed by atoms with E-state index in [2.05, 4.69) is 49.3 Å². The van der Waals surface area contributed by atoms with Crippen molar-refractivity contribution >= 4 is 17.7 Å². The van der Waals surface area contributed by atoms with Crippen LogP contribution in [-0.2, 0) is 6.42 Å². The summed E-state index contributed by atoms with van der Waals surface area (Å²) in [7, 11) is 4.18. The average molecular weight is 384 g/mol. The summed E-state index contributed by atoms with van der Waals surface area (Å²) in [5.74, 6) is 0.209. The van der Waals surface area contributed by atoms with Gasteiger partial charge in [-0.05, 0) is 62.2 Å². The molecule has 1 saturated carbocycles. The predicted molar refractivity (Wildman–Crippen MR) is 115 cm³/mol. The zero-order valence-electron chi connectivity index (χ0n) is 16.4. The Morgan fingerprint density at radius 1 is 1.07 bits per heavy atom. The molecule has 0 amide bonds. The van der Waals surface area contributed by atoms with Gasteiger partial charge in [0.25, 0.3) is 0 Å². The molecule has 2 aromatic rings. The molecule has 1 aliphatic rings. The van der Waals surface area contributed by atoms with Crippen molar-refractivity contribution in [2.24, 2.45) is 5.92 Å². The van der Waals surface area contributed by atoms with E-state index in [9.17, 15) is 5.11 Å². The van der Waals surface area contributed by atoms with E-state index in [4.69, 9.17) is 11.6 Å². The van der Waals surface area contributed by atoms with Crippen molar-refractivity contribution in [2.75, 3.05) is 20.6 Å². The highest BCUT2D eigenvalue weighted by Crippen LogP contribution is 2.40. The van der Waals surface area contributed by atoms with Gasteiger partial charge in [-0.15, -0.1) is 0 Å². The van der Waals surface area contributed by atoms with Gasteiger partial charge in [-0.2, -0.15) is 0 Å². The Kier molecular flexibility index (Phi) is 6.75. The molecule has 2 nitrogen and oxygen atoms in total. The first kappa shape index (κ1) is 20.1. The Bertz CT molecular complexity index is 754. The van der Waals surface area contributed by atoms with Crippen LogP contribution in [0.2, 0.25) is 5.02 Å². The summed E-state index contributed by atoms with van der Waals surface area (Å²) in [5, 5.41) is 12.8. The van der Waals surface area contributed by atoms with Gasteiger partial charge >= 0.3 is 0 Å². The lowest BCUT2D eigenvalue weighted by Gasteiger charge is -2.39. The van der Waals surface area contributed by atoms with Crippen LogP contribution in [0.5, 0.6) is 0 Å². The molecule has 0 saturated heterocycles. The summed E-state index contributed by atoms with van der Waals surface area (Å²) in [4.78, 5) is 2.20.